The third-order valence-electron chi connectivity index (χ3n) is 1.74. The van der Waals surface area contributed by atoms with E-state index < -0.39 is 0 Å². The molecular weight excluding hydrogens is 156 g/mol. The van der Waals surface area contributed by atoms with Gasteiger partial charge in [-0.2, -0.15) is 0 Å². The van der Waals surface area contributed by atoms with Crippen LogP contribution in [-0.2, 0) is 12.8 Å². The second kappa shape index (κ2) is 3.77. The zero-order valence-electron chi connectivity index (χ0n) is 6.95. The Morgan fingerprint density at radius 3 is 2.55 bits per heavy atom. The summed E-state index contributed by atoms with van der Waals surface area (Å²) in [6.07, 6.45) is 2.05. The Morgan fingerprint density at radius 2 is 2.00 bits per heavy atom. The lowest BCUT2D eigenvalue weighted by Crippen LogP contribution is -1.85. The van der Waals surface area contributed by atoms with Crippen molar-refractivity contribution in [1.82, 2.24) is 0 Å². The van der Waals surface area contributed by atoms with E-state index in [4.69, 9.17) is 11.6 Å². The Labute approximate surface area is 73.2 Å². The first-order valence-corrected chi connectivity index (χ1v) is 4.34. The van der Waals surface area contributed by atoms with E-state index in [-0.39, 0.29) is 0 Å². The fraction of sp³-hybridized carbons (Fsp3) is 0.400. The summed E-state index contributed by atoms with van der Waals surface area (Å²) in [5.41, 5.74) is 2.50. The minimum Gasteiger partial charge on any atom is -0.0836 e. The summed E-state index contributed by atoms with van der Waals surface area (Å²) < 4.78 is 0. The van der Waals surface area contributed by atoms with Gasteiger partial charge in [-0.25, -0.2) is 0 Å². The third kappa shape index (κ3) is 2.23. The lowest BCUT2D eigenvalue weighted by atomic mass is 10.1. The predicted octanol–water partition coefficient (Wildman–Crippen LogP) is 3.26. The third-order valence-corrected chi connectivity index (χ3v) is 1.94. The normalized spacial score (nSPS) is 10.1. The molecule has 0 spiro atoms. The quantitative estimate of drug-likeness (QED) is 0.635. The van der Waals surface area contributed by atoms with Gasteiger partial charge in [0, 0.05) is 11.1 Å². The molecule has 0 aromatic heterocycles. The van der Waals surface area contributed by atoms with Crippen LogP contribution in [-0.4, -0.2) is 0 Å². The van der Waals surface area contributed by atoms with Gasteiger partial charge in [-0.05, 0) is 30.0 Å². The Kier molecular flexibility index (Phi) is 2.95. The molecule has 0 aliphatic rings. The van der Waals surface area contributed by atoms with E-state index in [0.29, 0.717) is 0 Å². The minimum absolute atomic E-state index is 0.737. The maximum Gasteiger partial charge on any atom is 0.0490 e. The molecule has 0 nitrogen and oxygen atoms in total. The smallest absolute Gasteiger partial charge is 0.0490 e. The molecule has 0 fully saturated rings. The van der Waals surface area contributed by atoms with Gasteiger partial charge in [0.05, 0.1) is 0 Å². The fourth-order valence-electron chi connectivity index (χ4n) is 1.05. The molecule has 0 saturated carbocycles. The van der Waals surface area contributed by atoms with E-state index in [0.717, 1.165) is 17.9 Å². The molecule has 0 bridgehead atoms. The minimum atomic E-state index is 0.737. The number of halogens is 1. The molecular formula is C10H12Cl. The standard InChI is InChI=1S/C10H12Cl/c1-3-8-5-9(4-2)7-10(11)6-8/h5-6H,3-4H2,1-2H3. The molecule has 1 radical (unpaired) electrons. The van der Waals surface area contributed by atoms with Crippen LogP contribution in [0.5, 0.6) is 0 Å². The maximum absolute atomic E-state index is 5.85. The second-order valence-corrected chi connectivity index (χ2v) is 2.98. The Balaban J connectivity index is 3.02. The van der Waals surface area contributed by atoms with Crippen LogP contribution in [0.3, 0.4) is 0 Å². The van der Waals surface area contributed by atoms with Crippen LogP contribution in [0.4, 0.5) is 0 Å². The van der Waals surface area contributed by atoms with Crippen molar-refractivity contribution in [3.05, 3.63) is 34.3 Å². The molecule has 0 amide bonds. The molecule has 0 N–H and O–H groups in total. The van der Waals surface area contributed by atoms with Crippen LogP contribution >= 0.6 is 11.6 Å². The Bertz CT molecular complexity index is 218. The first-order chi connectivity index (χ1) is 5.26. The van der Waals surface area contributed by atoms with Gasteiger partial charge in [0.15, 0.2) is 0 Å². The van der Waals surface area contributed by atoms with Crippen molar-refractivity contribution in [1.29, 1.82) is 0 Å². The summed E-state index contributed by atoms with van der Waals surface area (Å²) in [4.78, 5) is 0. The zero-order chi connectivity index (χ0) is 8.27. The highest BCUT2D eigenvalue weighted by atomic mass is 35.5. The van der Waals surface area contributed by atoms with Gasteiger partial charge in [0.1, 0.15) is 0 Å². The SMILES string of the molecule is CCc1[c]c(Cl)cc(CC)c1. The van der Waals surface area contributed by atoms with E-state index in [1.165, 1.54) is 11.1 Å². The van der Waals surface area contributed by atoms with Crippen molar-refractivity contribution in [2.24, 2.45) is 0 Å². The number of benzene rings is 1. The van der Waals surface area contributed by atoms with Crippen LogP contribution in [0.1, 0.15) is 25.0 Å². The Hall–Kier alpha value is -0.490. The molecule has 1 aromatic rings. The molecule has 0 aliphatic carbocycles. The molecule has 1 rings (SSSR count). The summed E-state index contributed by atoms with van der Waals surface area (Å²) >= 11 is 5.85. The van der Waals surface area contributed by atoms with Crippen molar-refractivity contribution in [2.45, 2.75) is 26.7 Å². The summed E-state index contributed by atoms with van der Waals surface area (Å²) in [6.45, 7) is 4.24. The summed E-state index contributed by atoms with van der Waals surface area (Å²) in [6, 6.07) is 7.23. The van der Waals surface area contributed by atoms with Crippen LogP contribution in [0.25, 0.3) is 0 Å². The zero-order valence-corrected chi connectivity index (χ0v) is 7.70. The van der Waals surface area contributed by atoms with Crippen LogP contribution in [0, 0.1) is 6.07 Å². The van der Waals surface area contributed by atoms with Gasteiger partial charge < -0.3 is 0 Å². The first kappa shape index (κ1) is 8.61. The molecule has 0 heterocycles. The van der Waals surface area contributed by atoms with Gasteiger partial charge >= 0.3 is 0 Å². The number of hydrogen-bond donors (Lipinski definition) is 0. The molecule has 1 aromatic carbocycles. The largest absolute Gasteiger partial charge is 0.0836 e. The van der Waals surface area contributed by atoms with Crippen molar-refractivity contribution in [3.63, 3.8) is 0 Å². The van der Waals surface area contributed by atoms with Gasteiger partial charge in [-0.15, -0.1) is 0 Å². The molecule has 59 valence electrons. The predicted molar refractivity (Wildman–Crippen MR) is 49.0 cm³/mol. The van der Waals surface area contributed by atoms with Gasteiger partial charge in [-0.3, -0.25) is 0 Å². The van der Waals surface area contributed by atoms with Crippen LogP contribution in [0.15, 0.2) is 12.1 Å². The highest BCUT2D eigenvalue weighted by Crippen LogP contribution is 2.14. The highest BCUT2D eigenvalue weighted by molar-refractivity contribution is 6.30. The van der Waals surface area contributed by atoms with Crippen molar-refractivity contribution >= 4 is 11.6 Å². The molecule has 11 heavy (non-hydrogen) atoms. The first-order valence-electron chi connectivity index (χ1n) is 3.97. The van der Waals surface area contributed by atoms with Crippen molar-refractivity contribution in [2.75, 3.05) is 0 Å². The average Bonchev–Trinajstić information content (AvgIpc) is 2.03. The average molecular weight is 168 g/mol. The number of rotatable bonds is 2. The summed E-state index contributed by atoms with van der Waals surface area (Å²) in [7, 11) is 0. The van der Waals surface area contributed by atoms with E-state index in [1.54, 1.807) is 0 Å². The fourth-order valence-corrected chi connectivity index (χ4v) is 1.31. The summed E-state index contributed by atoms with van der Waals surface area (Å²) in [5.74, 6) is 0. The Morgan fingerprint density at radius 1 is 1.27 bits per heavy atom. The number of aryl methyl sites for hydroxylation is 2. The van der Waals surface area contributed by atoms with E-state index in [2.05, 4.69) is 26.0 Å². The topological polar surface area (TPSA) is 0 Å². The van der Waals surface area contributed by atoms with E-state index >= 15 is 0 Å². The lowest BCUT2D eigenvalue weighted by molar-refractivity contribution is 1.08. The molecule has 0 atom stereocenters. The van der Waals surface area contributed by atoms with Crippen molar-refractivity contribution < 1.29 is 0 Å². The van der Waals surface area contributed by atoms with Gasteiger partial charge in [-0.1, -0.05) is 31.5 Å². The number of hydrogen-bond acceptors (Lipinski definition) is 0. The molecule has 0 aliphatic heterocycles. The van der Waals surface area contributed by atoms with Crippen LogP contribution in [0.2, 0.25) is 5.02 Å². The molecule has 0 saturated heterocycles. The summed E-state index contributed by atoms with van der Waals surface area (Å²) in [5, 5.41) is 0.737. The maximum atomic E-state index is 5.85. The monoisotopic (exact) mass is 167 g/mol. The van der Waals surface area contributed by atoms with Crippen molar-refractivity contribution in [3.8, 4) is 0 Å². The van der Waals surface area contributed by atoms with E-state index in [1.807, 2.05) is 6.07 Å². The lowest BCUT2D eigenvalue weighted by Gasteiger charge is -2.00. The van der Waals surface area contributed by atoms with Gasteiger partial charge in [0.25, 0.3) is 0 Å². The molecule has 0 unspecified atom stereocenters. The van der Waals surface area contributed by atoms with Gasteiger partial charge in [0.2, 0.25) is 0 Å². The van der Waals surface area contributed by atoms with E-state index in [9.17, 15) is 0 Å². The molecule has 1 heteroatoms. The highest BCUT2D eigenvalue weighted by Gasteiger charge is 1.96. The second-order valence-electron chi connectivity index (χ2n) is 2.57. The van der Waals surface area contributed by atoms with Crippen LogP contribution < -0.4 is 0 Å².